The molecule has 164 valence electrons. The first-order chi connectivity index (χ1) is 15.5. The minimum atomic E-state index is 0.0930. The number of hydrogen-bond acceptors (Lipinski definition) is 3. The van der Waals surface area contributed by atoms with Crippen molar-refractivity contribution >= 4 is 16.7 Å². The van der Waals surface area contributed by atoms with Gasteiger partial charge in [0.15, 0.2) is 0 Å². The molecule has 0 amide bonds. The van der Waals surface area contributed by atoms with Crippen LogP contribution in [0.1, 0.15) is 37.9 Å². The number of rotatable bonds is 4. The van der Waals surface area contributed by atoms with E-state index in [0.29, 0.717) is 0 Å². The molecule has 3 aromatic carbocycles. The lowest BCUT2D eigenvalue weighted by atomic mass is 9.98. The maximum absolute atomic E-state index is 4.76. The summed E-state index contributed by atoms with van der Waals surface area (Å²) in [6.07, 6.45) is 2.00. The highest BCUT2D eigenvalue weighted by Gasteiger charge is 2.26. The molecule has 4 nitrogen and oxygen atoms in total. The third kappa shape index (κ3) is 4.03. The van der Waals surface area contributed by atoms with E-state index in [-0.39, 0.29) is 11.6 Å². The molecule has 4 aromatic rings. The summed E-state index contributed by atoms with van der Waals surface area (Å²) in [5, 5.41) is 0. The first-order valence-electron chi connectivity index (χ1n) is 11.6. The van der Waals surface area contributed by atoms with Gasteiger partial charge in [-0.1, -0.05) is 60.7 Å². The van der Waals surface area contributed by atoms with E-state index in [1.807, 2.05) is 6.33 Å². The highest BCUT2D eigenvalue weighted by Crippen LogP contribution is 2.32. The molecule has 0 unspecified atom stereocenters. The van der Waals surface area contributed by atoms with Gasteiger partial charge in [-0.2, -0.15) is 0 Å². The normalized spacial score (nSPS) is 15.6. The Morgan fingerprint density at radius 2 is 1.34 bits per heavy atom. The van der Waals surface area contributed by atoms with Crippen molar-refractivity contribution in [2.45, 2.75) is 32.4 Å². The maximum Gasteiger partial charge on any atom is 0.0966 e. The zero-order chi connectivity index (χ0) is 22.1. The second-order valence-electron chi connectivity index (χ2n) is 9.69. The van der Waals surface area contributed by atoms with E-state index in [1.54, 1.807) is 0 Å². The van der Waals surface area contributed by atoms with Crippen molar-refractivity contribution in [1.82, 2.24) is 14.5 Å². The van der Waals surface area contributed by atoms with Gasteiger partial charge in [0.25, 0.3) is 0 Å². The summed E-state index contributed by atoms with van der Waals surface area (Å²) in [7, 11) is 0. The van der Waals surface area contributed by atoms with Gasteiger partial charge in [0, 0.05) is 37.4 Å². The molecule has 32 heavy (non-hydrogen) atoms. The van der Waals surface area contributed by atoms with E-state index in [4.69, 9.17) is 4.98 Å². The van der Waals surface area contributed by atoms with Crippen molar-refractivity contribution in [3.63, 3.8) is 0 Å². The van der Waals surface area contributed by atoms with Crippen molar-refractivity contribution < 1.29 is 0 Å². The molecule has 5 rings (SSSR count). The zero-order valence-corrected chi connectivity index (χ0v) is 19.3. The van der Waals surface area contributed by atoms with E-state index in [2.05, 4.69) is 114 Å². The average molecular weight is 425 g/mol. The molecule has 0 spiro atoms. The van der Waals surface area contributed by atoms with Gasteiger partial charge in [0.05, 0.1) is 23.4 Å². The van der Waals surface area contributed by atoms with Gasteiger partial charge >= 0.3 is 0 Å². The van der Waals surface area contributed by atoms with Gasteiger partial charge in [0.1, 0.15) is 0 Å². The van der Waals surface area contributed by atoms with Gasteiger partial charge in [-0.15, -0.1) is 0 Å². The Balaban J connectivity index is 1.52. The summed E-state index contributed by atoms with van der Waals surface area (Å²) >= 11 is 0. The standard InChI is InChI=1S/C28H32N4/c1-28(2,3)31-18-16-30(17-19-31)24-14-15-25-26(20-24)32(21-29-25)27(22-10-6-4-7-11-22)23-12-8-5-9-13-23/h4-15,20-21,27H,16-19H2,1-3H3. The Labute approximate surface area is 191 Å². The van der Waals surface area contributed by atoms with Gasteiger partial charge in [-0.05, 0) is 50.1 Å². The van der Waals surface area contributed by atoms with Crippen LogP contribution in [0, 0.1) is 0 Å². The lowest BCUT2D eigenvalue weighted by Crippen LogP contribution is -2.53. The third-order valence-corrected chi connectivity index (χ3v) is 6.66. The highest BCUT2D eigenvalue weighted by molar-refractivity contribution is 5.80. The van der Waals surface area contributed by atoms with Gasteiger partial charge in [-0.3, -0.25) is 4.90 Å². The molecule has 1 aromatic heterocycles. The van der Waals surface area contributed by atoms with Crippen molar-refractivity contribution in [3.05, 3.63) is 96.3 Å². The quantitative estimate of drug-likeness (QED) is 0.426. The predicted molar refractivity (Wildman–Crippen MR) is 133 cm³/mol. The monoisotopic (exact) mass is 424 g/mol. The van der Waals surface area contributed by atoms with E-state index >= 15 is 0 Å². The second-order valence-corrected chi connectivity index (χ2v) is 9.69. The number of anilines is 1. The van der Waals surface area contributed by atoms with Crippen LogP contribution in [0.3, 0.4) is 0 Å². The zero-order valence-electron chi connectivity index (χ0n) is 19.3. The van der Waals surface area contributed by atoms with Crippen LogP contribution in [0.4, 0.5) is 5.69 Å². The van der Waals surface area contributed by atoms with Gasteiger partial charge < -0.3 is 9.47 Å². The number of imidazole rings is 1. The second kappa shape index (κ2) is 8.44. The predicted octanol–water partition coefficient (Wildman–Crippen LogP) is 5.59. The molecular weight excluding hydrogens is 392 g/mol. The topological polar surface area (TPSA) is 24.3 Å². The fraction of sp³-hybridized carbons (Fsp3) is 0.321. The number of piperazine rings is 1. The van der Waals surface area contributed by atoms with E-state index < -0.39 is 0 Å². The average Bonchev–Trinajstić information content (AvgIpc) is 3.23. The van der Waals surface area contributed by atoms with Crippen molar-refractivity contribution in [2.75, 3.05) is 31.1 Å². The summed E-state index contributed by atoms with van der Waals surface area (Å²) in [5.41, 5.74) is 6.27. The van der Waals surface area contributed by atoms with Crippen LogP contribution in [0.15, 0.2) is 85.2 Å². The van der Waals surface area contributed by atoms with Crippen molar-refractivity contribution in [3.8, 4) is 0 Å². The van der Waals surface area contributed by atoms with E-state index in [0.717, 1.165) is 31.7 Å². The summed E-state index contributed by atoms with van der Waals surface area (Å²) < 4.78 is 2.33. The molecule has 0 saturated carbocycles. The van der Waals surface area contributed by atoms with Crippen LogP contribution < -0.4 is 4.90 Å². The number of aromatic nitrogens is 2. The van der Waals surface area contributed by atoms with E-state index in [1.165, 1.54) is 22.3 Å². The van der Waals surface area contributed by atoms with Crippen LogP contribution in [0.25, 0.3) is 11.0 Å². The van der Waals surface area contributed by atoms with Crippen LogP contribution in [-0.4, -0.2) is 46.2 Å². The van der Waals surface area contributed by atoms with Crippen LogP contribution >= 0.6 is 0 Å². The van der Waals surface area contributed by atoms with Crippen LogP contribution in [0.5, 0.6) is 0 Å². The molecule has 0 N–H and O–H groups in total. The smallest absolute Gasteiger partial charge is 0.0966 e. The summed E-state index contributed by atoms with van der Waals surface area (Å²) in [4.78, 5) is 9.85. The summed E-state index contributed by atoms with van der Waals surface area (Å²) in [5.74, 6) is 0. The molecule has 2 heterocycles. The largest absolute Gasteiger partial charge is 0.369 e. The number of fused-ring (bicyclic) bond motifs is 1. The van der Waals surface area contributed by atoms with Gasteiger partial charge in [0.2, 0.25) is 0 Å². The molecule has 1 saturated heterocycles. The van der Waals surface area contributed by atoms with Crippen molar-refractivity contribution in [2.24, 2.45) is 0 Å². The first kappa shape index (κ1) is 20.8. The molecule has 0 atom stereocenters. The Morgan fingerprint density at radius 1 is 0.750 bits per heavy atom. The minimum absolute atomic E-state index is 0.0930. The molecule has 1 aliphatic rings. The maximum atomic E-state index is 4.76. The molecular formula is C28H32N4. The Hall–Kier alpha value is -3.11. The summed E-state index contributed by atoms with van der Waals surface area (Å²) in [6.45, 7) is 11.2. The number of nitrogens with zero attached hydrogens (tertiary/aromatic N) is 4. The first-order valence-corrected chi connectivity index (χ1v) is 11.6. The third-order valence-electron chi connectivity index (χ3n) is 6.66. The Bertz CT molecular complexity index is 1130. The molecule has 0 aliphatic carbocycles. The van der Waals surface area contributed by atoms with Crippen molar-refractivity contribution in [1.29, 1.82) is 0 Å². The fourth-order valence-corrected chi connectivity index (χ4v) is 4.84. The van der Waals surface area contributed by atoms with E-state index in [9.17, 15) is 0 Å². The fourth-order valence-electron chi connectivity index (χ4n) is 4.84. The number of hydrogen-bond donors (Lipinski definition) is 0. The van der Waals surface area contributed by atoms with Crippen LogP contribution in [0.2, 0.25) is 0 Å². The van der Waals surface area contributed by atoms with Crippen LogP contribution in [-0.2, 0) is 0 Å². The van der Waals surface area contributed by atoms with Gasteiger partial charge in [-0.25, -0.2) is 4.98 Å². The molecule has 4 heteroatoms. The highest BCUT2D eigenvalue weighted by atomic mass is 15.3. The lowest BCUT2D eigenvalue weighted by Gasteiger charge is -2.43. The molecule has 0 radical (unpaired) electrons. The Kier molecular flexibility index (Phi) is 5.48. The number of benzene rings is 3. The SMILES string of the molecule is CC(C)(C)N1CCN(c2ccc3ncn(C(c4ccccc4)c4ccccc4)c3c2)CC1. The minimum Gasteiger partial charge on any atom is -0.369 e. The lowest BCUT2D eigenvalue weighted by molar-refractivity contribution is 0.128. The molecule has 1 aliphatic heterocycles. The molecule has 1 fully saturated rings. The molecule has 0 bridgehead atoms. The summed E-state index contributed by atoms with van der Waals surface area (Å²) in [6, 6.07) is 28.3. The Morgan fingerprint density at radius 3 is 1.91 bits per heavy atom.